The summed E-state index contributed by atoms with van der Waals surface area (Å²) >= 11 is 0. The fraction of sp³-hybridized carbons (Fsp3) is 1.00. The van der Waals surface area contributed by atoms with Crippen molar-refractivity contribution in [1.82, 2.24) is 15.1 Å². The predicted octanol–water partition coefficient (Wildman–Crippen LogP) is 0.622. The summed E-state index contributed by atoms with van der Waals surface area (Å²) in [6.45, 7) is 6.24. The standard InChI is InChI=1S/C12H25N3/c1-14(2)7-3-8-15-9-6-13-12(10-15)11-4-5-11/h11-13H,3-10H2,1-2H3. The third kappa shape index (κ3) is 3.74. The van der Waals surface area contributed by atoms with Crippen molar-refractivity contribution in [3.05, 3.63) is 0 Å². The normalized spacial score (nSPS) is 28.6. The minimum Gasteiger partial charge on any atom is -0.311 e. The molecule has 1 unspecified atom stereocenters. The Bertz CT molecular complexity index is 189. The van der Waals surface area contributed by atoms with E-state index < -0.39 is 0 Å². The zero-order valence-electron chi connectivity index (χ0n) is 10.2. The summed E-state index contributed by atoms with van der Waals surface area (Å²) in [5.74, 6) is 1.00. The molecule has 0 aromatic carbocycles. The molecular weight excluding hydrogens is 186 g/mol. The number of hydrogen-bond donors (Lipinski definition) is 1. The first kappa shape index (κ1) is 11.4. The molecule has 1 aliphatic carbocycles. The summed E-state index contributed by atoms with van der Waals surface area (Å²) in [5.41, 5.74) is 0. The van der Waals surface area contributed by atoms with E-state index in [1.807, 2.05) is 0 Å². The van der Waals surface area contributed by atoms with E-state index in [-0.39, 0.29) is 0 Å². The first-order valence-electron chi connectivity index (χ1n) is 6.36. The quantitative estimate of drug-likeness (QED) is 0.719. The van der Waals surface area contributed by atoms with Crippen LogP contribution in [-0.4, -0.2) is 62.7 Å². The third-order valence-electron chi connectivity index (χ3n) is 3.56. The Labute approximate surface area is 93.8 Å². The van der Waals surface area contributed by atoms with Crippen LogP contribution in [0.1, 0.15) is 19.3 Å². The Morgan fingerprint density at radius 2 is 2.13 bits per heavy atom. The van der Waals surface area contributed by atoms with E-state index in [9.17, 15) is 0 Å². The van der Waals surface area contributed by atoms with Gasteiger partial charge in [-0.25, -0.2) is 0 Å². The van der Waals surface area contributed by atoms with Gasteiger partial charge in [0.2, 0.25) is 0 Å². The Kier molecular flexibility index (Phi) is 4.00. The van der Waals surface area contributed by atoms with Crippen molar-refractivity contribution in [2.75, 3.05) is 46.8 Å². The average molecular weight is 211 g/mol. The van der Waals surface area contributed by atoms with Crippen molar-refractivity contribution in [3.8, 4) is 0 Å². The highest BCUT2D eigenvalue weighted by atomic mass is 15.2. The summed E-state index contributed by atoms with van der Waals surface area (Å²) in [6.07, 6.45) is 4.23. The molecule has 2 fully saturated rings. The van der Waals surface area contributed by atoms with Gasteiger partial charge in [0.15, 0.2) is 0 Å². The highest BCUT2D eigenvalue weighted by molar-refractivity contribution is 4.91. The van der Waals surface area contributed by atoms with Crippen LogP contribution in [0.3, 0.4) is 0 Å². The molecular formula is C12H25N3. The maximum absolute atomic E-state index is 3.66. The summed E-state index contributed by atoms with van der Waals surface area (Å²) in [6, 6.07) is 0.804. The van der Waals surface area contributed by atoms with E-state index >= 15 is 0 Å². The molecule has 1 saturated heterocycles. The lowest BCUT2D eigenvalue weighted by Gasteiger charge is -2.34. The summed E-state index contributed by atoms with van der Waals surface area (Å²) in [7, 11) is 4.32. The molecule has 0 radical (unpaired) electrons. The van der Waals surface area contributed by atoms with Gasteiger partial charge in [0.05, 0.1) is 0 Å². The van der Waals surface area contributed by atoms with Gasteiger partial charge in [-0.2, -0.15) is 0 Å². The first-order valence-corrected chi connectivity index (χ1v) is 6.36. The van der Waals surface area contributed by atoms with Crippen molar-refractivity contribution in [1.29, 1.82) is 0 Å². The van der Waals surface area contributed by atoms with Gasteiger partial charge < -0.3 is 15.1 Å². The lowest BCUT2D eigenvalue weighted by molar-refractivity contribution is 0.181. The largest absolute Gasteiger partial charge is 0.311 e. The molecule has 0 bridgehead atoms. The topological polar surface area (TPSA) is 18.5 Å². The zero-order valence-corrected chi connectivity index (χ0v) is 10.2. The van der Waals surface area contributed by atoms with Gasteiger partial charge in [0.25, 0.3) is 0 Å². The number of nitrogens with zero attached hydrogens (tertiary/aromatic N) is 2. The number of hydrogen-bond acceptors (Lipinski definition) is 3. The van der Waals surface area contributed by atoms with Crippen molar-refractivity contribution < 1.29 is 0 Å². The van der Waals surface area contributed by atoms with Gasteiger partial charge in [-0.1, -0.05) is 0 Å². The van der Waals surface area contributed by atoms with E-state index in [1.165, 1.54) is 52.0 Å². The van der Waals surface area contributed by atoms with Gasteiger partial charge >= 0.3 is 0 Å². The molecule has 2 aliphatic rings. The molecule has 1 atom stereocenters. The molecule has 3 nitrogen and oxygen atoms in total. The molecule has 3 heteroatoms. The summed E-state index contributed by atoms with van der Waals surface area (Å²) < 4.78 is 0. The van der Waals surface area contributed by atoms with Crippen LogP contribution in [0.25, 0.3) is 0 Å². The molecule has 0 aromatic heterocycles. The monoisotopic (exact) mass is 211 g/mol. The summed E-state index contributed by atoms with van der Waals surface area (Å²) in [5, 5.41) is 3.66. The van der Waals surface area contributed by atoms with Crippen molar-refractivity contribution in [2.24, 2.45) is 5.92 Å². The van der Waals surface area contributed by atoms with Crippen molar-refractivity contribution >= 4 is 0 Å². The second-order valence-corrected chi connectivity index (χ2v) is 5.36. The van der Waals surface area contributed by atoms with Crippen LogP contribution in [-0.2, 0) is 0 Å². The zero-order chi connectivity index (χ0) is 10.7. The average Bonchev–Trinajstić information content (AvgIpc) is 3.01. The van der Waals surface area contributed by atoms with E-state index in [1.54, 1.807) is 0 Å². The Hall–Kier alpha value is -0.120. The Balaban J connectivity index is 1.63. The van der Waals surface area contributed by atoms with Crippen LogP contribution in [0.4, 0.5) is 0 Å². The second-order valence-electron chi connectivity index (χ2n) is 5.36. The number of nitrogens with one attached hydrogen (secondary N) is 1. The molecule has 1 N–H and O–H groups in total. The van der Waals surface area contributed by atoms with Crippen molar-refractivity contribution in [3.63, 3.8) is 0 Å². The minimum atomic E-state index is 0.804. The van der Waals surface area contributed by atoms with Crippen LogP contribution in [0.5, 0.6) is 0 Å². The van der Waals surface area contributed by atoms with Crippen LogP contribution in [0, 0.1) is 5.92 Å². The lowest BCUT2D eigenvalue weighted by Crippen LogP contribution is -2.51. The number of piperazine rings is 1. The molecule has 0 amide bonds. The van der Waals surface area contributed by atoms with E-state index in [2.05, 4.69) is 29.2 Å². The molecule has 88 valence electrons. The Morgan fingerprint density at radius 3 is 2.80 bits per heavy atom. The fourth-order valence-corrected chi connectivity index (χ4v) is 2.47. The van der Waals surface area contributed by atoms with Gasteiger partial charge in [0.1, 0.15) is 0 Å². The maximum Gasteiger partial charge on any atom is 0.0223 e. The second kappa shape index (κ2) is 5.28. The molecule has 1 heterocycles. The van der Waals surface area contributed by atoms with Gasteiger partial charge in [0, 0.05) is 25.7 Å². The van der Waals surface area contributed by atoms with Crippen LogP contribution in [0.2, 0.25) is 0 Å². The van der Waals surface area contributed by atoms with E-state index in [0.29, 0.717) is 0 Å². The number of rotatable bonds is 5. The third-order valence-corrected chi connectivity index (χ3v) is 3.56. The van der Waals surface area contributed by atoms with Crippen LogP contribution in [0.15, 0.2) is 0 Å². The summed E-state index contributed by atoms with van der Waals surface area (Å²) in [4.78, 5) is 4.92. The fourth-order valence-electron chi connectivity index (χ4n) is 2.47. The predicted molar refractivity (Wildman–Crippen MR) is 64.1 cm³/mol. The van der Waals surface area contributed by atoms with Crippen LogP contribution < -0.4 is 5.32 Å². The van der Waals surface area contributed by atoms with Crippen molar-refractivity contribution in [2.45, 2.75) is 25.3 Å². The molecule has 1 aliphatic heterocycles. The first-order chi connectivity index (χ1) is 7.25. The maximum atomic E-state index is 3.66. The van der Waals surface area contributed by atoms with Gasteiger partial charge in [-0.05, 0) is 52.4 Å². The minimum absolute atomic E-state index is 0.804. The van der Waals surface area contributed by atoms with Crippen LogP contribution >= 0.6 is 0 Å². The molecule has 2 rings (SSSR count). The lowest BCUT2D eigenvalue weighted by atomic mass is 10.1. The Morgan fingerprint density at radius 1 is 1.33 bits per heavy atom. The van der Waals surface area contributed by atoms with E-state index in [4.69, 9.17) is 0 Å². The molecule has 0 aromatic rings. The smallest absolute Gasteiger partial charge is 0.0223 e. The highest BCUT2D eigenvalue weighted by Gasteiger charge is 2.33. The molecule has 1 saturated carbocycles. The van der Waals surface area contributed by atoms with Gasteiger partial charge in [-0.15, -0.1) is 0 Å². The SMILES string of the molecule is CN(C)CCCN1CCNC(C2CC2)C1. The highest BCUT2D eigenvalue weighted by Crippen LogP contribution is 2.33. The molecule has 0 spiro atoms. The molecule has 15 heavy (non-hydrogen) atoms. The van der Waals surface area contributed by atoms with E-state index in [0.717, 1.165) is 12.0 Å². The van der Waals surface area contributed by atoms with Gasteiger partial charge in [-0.3, -0.25) is 0 Å².